The first-order valence-electron chi connectivity index (χ1n) is 11.6. The van der Waals surface area contributed by atoms with E-state index in [9.17, 15) is 4.79 Å². The fraction of sp³-hybridized carbons (Fsp3) is 0.269. The van der Waals surface area contributed by atoms with Gasteiger partial charge in [-0.2, -0.15) is 0 Å². The summed E-state index contributed by atoms with van der Waals surface area (Å²) in [6.07, 6.45) is 5.75. The first kappa shape index (κ1) is 23.2. The molecule has 35 heavy (non-hydrogen) atoms. The van der Waals surface area contributed by atoms with Crippen molar-refractivity contribution in [3.63, 3.8) is 0 Å². The summed E-state index contributed by atoms with van der Waals surface area (Å²) in [5, 5.41) is 9.08. The van der Waals surface area contributed by atoms with Crippen molar-refractivity contribution < 1.29 is 14.3 Å². The maximum absolute atomic E-state index is 11.9. The molecule has 4 aromatic rings. The molecule has 1 aliphatic rings. The second-order valence-electron chi connectivity index (χ2n) is 8.35. The number of urea groups is 1. The van der Waals surface area contributed by atoms with E-state index in [-0.39, 0.29) is 6.03 Å². The van der Waals surface area contributed by atoms with Crippen molar-refractivity contribution in [2.45, 2.75) is 25.4 Å². The lowest BCUT2D eigenvalue weighted by molar-refractivity contribution is 0.199. The average Bonchev–Trinajstić information content (AvgIpc) is 3.57. The molecule has 0 unspecified atom stereocenters. The SMILES string of the molecule is COCCNCc1ccc(-c2cc3nccc(Oc4ccc(NC(=O)NC5CC5)cc4)c3s2)nc1. The smallest absolute Gasteiger partial charge is 0.319 e. The third-order valence-corrected chi connectivity index (χ3v) is 6.68. The van der Waals surface area contributed by atoms with Crippen LogP contribution in [0.25, 0.3) is 20.8 Å². The van der Waals surface area contributed by atoms with Gasteiger partial charge in [-0.3, -0.25) is 9.97 Å². The lowest BCUT2D eigenvalue weighted by Gasteiger charge is -2.09. The number of hydrogen-bond donors (Lipinski definition) is 3. The number of thiophene rings is 1. The van der Waals surface area contributed by atoms with Gasteiger partial charge in [0, 0.05) is 50.4 Å². The van der Waals surface area contributed by atoms with E-state index in [1.165, 1.54) is 0 Å². The number of methoxy groups -OCH3 is 1. The van der Waals surface area contributed by atoms with Crippen molar-refractivity contribution >= 4 is 33.3 Å². The molecule has 0 spiro atoms. The lowest BCUT2D eigenvalue weighted by Crippen LogP contribution is -2.30. The molecule has 5 rings (SSSR count). The Bertz CT molecular complexity index is 1290. The number of fused-ring (bicyclic) bond motifs is 1. The van der Waals surface area contributed by atoms with E-state index in [1.54, 1.807) is 24.6 Å². The Morgan fingerprint density at radius 3 is 2.71 bits per heavy atom. The molecule has 3 N–H and O–H groups in total. The fourth-order valence-corrected chi connectivity index (χ4v) is 4.56. The Hall–Kier alpha value is -3.53. The molecule has 0 radical (unpaired) electrons. The van der Waals surface area contributed by atoms with Crippen molar-refractivity contribution in [1.29, 1.82) is 0 Å². The molecule has 8 nitrogen and oxygen atoms in total. The number of anilines is 1. The highest BCUT2D eigenvalue weighted by atomic mass is 32.1. The van der Waals surface area contributed by atoms with Crippen LogP contribution in [0.3, 0.4) is 0 Å². The van der Waals surface area contributed by atoms with E-state index >= 15 is 0 Å². The van der Waals surface area contributed by atoms with E-state index in [0.717, 1.165) is 63.7 Å². The summed E-state index contributed by atoms with van der Waals surface area (Å²) in [5.74, 6) is 1.42. The highest BCUT2D eigenvalue weighted by Crippen LogP contribution is 2.38. The molecule has 0 atom stereocenters. The predicted octanol–water partition coefficient (Wildman–Crippen LogP) is 5.17. The first-order chi connectivity index (χ1) is 17.2. The number of carbonyl (C=O) groups excluding carboxylic acids is 1. The molecule has 1 aliphatic carbocycles. The van der Waals surface area contributed by atoms with E-state index in [4.69, 9.17) is 9.47 Å². The normalized spacial score (nSPS) is 13.1. The number of nitrogens with one attached hydrogen (secondary N) is 3. The van der Waals surface area contributed by atoms with Gasteiger partial charge in [-0.1, -0.05) is 6.07 Å². The first-order valence-corrected chi connectivity index (χ1v) is 12.4. The lowest BCUT2D eigenvalue weighted by atomic mass is 10.2. The van der Waals surface area contributed by atoms with Crippen LogP contribution in [0.15, 0.2) is 60.9 Å². The van der Waals surface area contributed by atoms with Crippen LogP contribution in [0.4, 0.5) is 10.5 Å². The molecule has 0 bridgehead atoms. The molecule has 180 valence electrons. The summed E-state index contributed by atoms with van der Waals surface area (Å²) in [6.45, 7) is 2.24. The van der Waals surface area contributed by atoms with Crippen LogP contribution in [-0.4, -0.2) is 42.3 Å². The summed E-state index contributed by atoms with van der Waals surface area (Å²) in [5.41, 5.74) is 3.61. The maximum Gasteiger partial charge on any atom is 0.319 e. The number of carbonyl (C=O) groups is 1. The van der Waals surface area contributed by atoms with Gasteiger partial charge >= 0.3 is 6.03 Å². The largest absolute Gasteiger partial charge is 0.456 e. The minimum absolute atomic E-state index is 0.174. The van der Waals surface area contributed by atoms with Gasteiger partial charge in [0.25, 0.3) is 0 Å². The molecule has 1 fully saturated rings. The third-order valence-electron chi connectivity index (χ3n) is 5.52. The molecule has 9 heteroatoms. The van der Waals surface area contributed by atoms with Crippen molar-refractivity contribution in [3.8, 4) is 22.1 Å². The zero-order valence-corrected chi connectivity index (χ0v) is 20.2. The average molecular weight is 490 g/mol. The van der Waals surface area contributed by atoms with Gasteiger partial charge in [0.15, 0.2) is 0 Å². The minimum atomic E-state index is -0.174. The Morgan fingerprint density at radius 2 is 1.97 bits per heavy atom. The van der Waals surface area contributed by atoms with Gasteiger partial charge in [0.1, 0.15) is 11.5 Å². The zero-order valence-electron chi connectivity index (χ0n) is 19.4. The number of rotatable bonds is 10. The number of aromatic nitrogens is 2. The monoisotopic (exact) mass is 489 g/mol. The Labute approximate surface area is 207 Å². The van der Waals surface area contributed by atoms with Crippen LogP contribution in [-0.2, 0) is 11.3 Å². The van der Waals surface area contributed by atoms with E-state index in [0.29, 0.717) is 18.4 Å². The summed E-state index contributed by atoms with van der Waals surface area (Å²) in [7, 11) is 1.69. The van der Waals surface area contributed by atoms with Gasteiger partial charge in [-0.25, -0.2) is 4.79 Å². The van der Waals surface area contributed by atoms with Gasteiger partial charge in [0.2, 0.25) is 0 Å². The number of pyridine rings is 2. The van der Waals surface area contributed by atoms with Gasteiger partial charge in [-0.15, -0.1) is 11.3 Å². The molecule has 1 saturated carbocycles. The zero-order chi connectivity index (χ0) is 24.0. The van der Waals surface area contributed by atoms with Crippen molar-refractivity contribution in [2.24, 2.45) is 0 Å². The molecule has 2 amide bonds. The molecule has 0 saturated heterocycles. The molecule has 3 aromatic heterocycles. The predicted molar refractivity (Wildman–Crippen MR) is 138 cm³/mol. The summed E-state index contributed by atoms with van der Waals surface area (Å²) < 4.78 is 12.2. The van der Waals surface area contributed by atoms with E-state index in [2.05, 4.69) is 32.0 Å². The fourth-order valence-electron chi connectivity index (χ4n) is 3.52. The summed E-state index contributed by atoms with van der Waals surface area (Å²) >= 11 is 1.60. The molecule has 3 heterocycles. The van der Waals surface area contributed by atoms with Crippen molar-refractivity contribution in [1.82, 2.24) is 20.6 Å². The van der Waals surface area contributed by atoms with Crippen LogP contribution in [0.1, 0.15) is 18.4 Å². The van der Waals surface area contributed by atoms with Gasteiger partial charge in [0.05, 0.1) is 27.4 Å². The minimum Gasteiger partial charge on any atom is -0.456 e. The quantitative estimate of drug-likeness (QED) is 0.266. The van der Waals surface area contributed by atoms with Gasteiger partial charge in [-0.05, 0) is 54.8 Å². The van der Waals surface area contributed by atoms with Crippen LogP contribution in [0, 0.1) is 0 Å². The molecular weight excluding hydrogens is 462 g/mol. The number of amides is 2. The maximum atomic E-state index is 11.9. The number of benzene rings is 1. The summed E-state index contributed by atoms with van der Waals surface area (Å²) in [4.78, 5) is 22.1. The molecule has 1 aromatic carbocycles. The number of nitrogens with zero attached hydrogens (tertiary/aromatic N) is 2. The number of ether oxygens (including phenoxy) is 2. The van der Waals surface area contributed by atoms with Crippen LogP contribution in [0.2, 0.25) is 0 Å². The Balaban J connectivity index is 1.26. The van der Waals surface area contributed by atoms with E-state index in [1.807, 2.05) is 48.7 Å². The highest BCUT2D eigenvalue weighted by Gasteiger charge is 2.23. The second-order valence-corrected chi connectivity index (χ2v) is 9.41. The van der Waals surface area contributed by atoms with Crippen LogP contribution < -0.4 is 20.7 Å². The van der Waals surface area contributed by atoms with Crippen LogP contribution in [0.5, 0.6) is 11.5 Å². The van der Waals surface area contributed by atoms with Crippen molar-refractivity contribution in [2.75, 3.05) is 25.6 Å². The number of hydrogen-bond acceptors (Lipinski definition) is 7. The Kier molecular flexibility index (Phi) is 7.17. The standard InChI is InChI=1S/C26H27N5O3S/c1-33-13-12-27-15-17-2-9-21(29-16-17)24-14-22-25(35-24)23(10-11-28-22)34-20-7-5-19(6-8-20)31-26(32)30-18-3-4-18/h2,5-11,14,16,18,27H,3-4,12-13,15H2,1H3,(H2,30,31,32). The summed E-state index contributed by atoms with van der Waals surface area (Å²) in [6, 6.07) is 15.5. The van der Waals surface area contributed by atoms with Crippen molar-refractivity contribution in [3.05, 3.63) is 66.5 Å². The topological polar surface area (TPSA) is 97.4 Å². The Morgan fingerprint density at radius 1 is 1.11 bits per heavy atom. The molecular formula is C26H27N5O3S. The van der Waals surface area contributed by atoms with E-state index < -0.39 is 0 Å². The van der Waals surface area contributed by atoms with Gasteiger partial charge < -0.3 is 25.4 Å². The highest BCUT2D eigenvalue weighted by molar-refractivity contribution is 7.22. The second kappa shape index (κ2) is 10.8. The third kappa shape index (κ3) is 6.13. The molecule has 0 aliphatic heterocycles. The van der Waals surface area contributed by atoms with Crippen LogP contribution >= 0.6 is 11.3 Å².